The molecule has 1 unspecified atom stereocenters. The number of ether oxygens (including phenoxy) is 1. The second kappa shape index (κ2) is 4.81. The van der Waals surface area contributed by atoms with E-state index in [4.69, 9.17) is 9.15 Å². The fraction of sp³-hybridized carbons (Fsp3) is 0.167. The van der Waals surface area contributed by atoms with Gasteiger partial charge in [0.05, 0.1) is 6.26 Å². The van der Waals surface area contributed by atoms with Gasteiger partial charge in [0.1, 0.15) is 30.0 Å². The van der Waals surface area contributed by atoms with Gasteiger partial charge < -0.3 is 14.3 Å². The molecule has 1 aromatic heterocycles. The molecule has 0 radical (unpaired) electrons. The molecule has 4 heteroatoms. The minimum absolute atomic E-state index is 0.0248. The summed E-state index contributed by atoms with van der Waals surface area (Å²) in [5.41, 5.74) is 0. The van der Waals surface area contributed by atoms with Gasteiger partial charge in [-0.15, -0.1) is 0 Å². The van der Waals surface area contributed by atoms with Crippen LogP contribution in [0.2, 0.25) is 0 Å². The highest BCUT2D eigenvalue weighted by molar-refractivity contribution is 5.22. The van der Waals surface area contributed by atoms with E-state index < -0.39 is 6.10 Å². The van der Waals surface area contributed by atoms with Crippen LogP contribution in [0.25, 0.3) is 0 Å². The fourth-order valence-electron chi connectivity index (χ4n) is 1.29. The third-order valence-electron chi connectivity index (χ3n) is 2.08. The molecule has 0 bridgehead atoms. The first-order valence-electron chi connectivity index (χ1n) is 4.85. The van der Waals surface area contributed by atoms with E-state index in [0.717, 1.165) is 0 Å². The van der Waals surface area contributed by atoms with Gasteiger partial charge in [-0.3, -0.25) is 0 Å². The Bertz CT molecular complexity index is 439. The van der Waals surface area contributed by atoms with Crippen molar-refractivity contribution in [1.82, 2.24) is 0 Å². The summed E-state index contributed by atoms with van der Waals surface area (Å²) in [5.74, 6) is 0.437. The van der Waals surface area contributed by atoms with E-state index >= 15 is 0 Å². The Kier molecular flexibility index (Phi) is 3.22. The molecule has 16 heavy (non-hydrogen) atoms. The van der Waals surface area contributed by atoms with Gasteiger partial charge in [-0.2, -0.15) is 0 Å². The summed E-state index contributed by atoms with van der Waals surface area (Å²) in [6.45, 7) is 0.0248. The molecule has 1 aromatic carbocycles. The SMILES string of the molecule is OC(COc1cccc(F)c1)c1ccco1. The highest BCUT2D eigenvalue weighted by atomic mass is 19.1. The van der Waals surface area contributed by atoms with Crippen molar-refractivity contribution in [2.75, 3.05) is 6.61 Å². The van der Waals surface area contributed by atoms with Crippen LogP contribution in [0, 0.1) is 5.82 Å². The van der Waals surface area contributed by atoms with Crippen LogP contribution >= 0.6 is 0 Å². The normalized spacial score (nSPS) is 12.4. The summed E-state index contributed by atoms with van der Waals surface area (Å²) in [4.78, 5) is 0. The number of benzene rings is 1. The van der Waals surface area contributed by atoms with E-state index in [1.54, 1.807) is 24.3 Å². The average molecular weight is 222 g/mol. The second-order valence-corrected chi connectivity index (χ2v) is 3.30. The zero-order valence-corrected chi connectivity index (χ0v) is 8.47. The summed E-state index contributed by atoms with van der Waals surface area (Å²) in [6.07, 6.45) is 0.624. The molecular formula is C12H11FO3. The van der Waals surface area contributed by atoms with Crippen LogP contribution in [0.15, 0.2) is 47.1 Å². The Balaban J connectivity index is 1.92. The predicted molar refractivity (Wildman–Crippen MR) is 55.6 cm³/mol. The number of rotatable bonds is 4. The van der Waals surface area contributed by atoms with E-state index in [2.05, 4.69) is 0 Å². The van der Waals surface area contributed by atoms with Gasteiger partial charge in [-0.1, -0.05) is 6.07 Å². The van der Waals surface area contributed by atoms with E-state index in [1.165, 1.54) is 18.4 Å². The van der Waals surface area contributed by atoms with Gasteiger partial charge in [0.15, 0.2) is 0 Å². The maximum absolute atomic E-state index is 12.8. The summed E-state index contributed by atoms with van der Waals surface area (Å²) in [7, 11) is 0. The second-order valence-electron chi connectivity index (χ2n) is 3.30. The standard InChI is InChI=1S/C12H11FO3/c13-9-3-1-4-10(7-9)16-8-11(14)12-5-2-6-15-12/h1-7,11,14H,8H2. The van der Waals surface area contributed by atoms with E-state index in [1.807, 2.05) is 0 Å². The van der Waals surface area contributed by atoms with Gasteiger partial charge in [-0.05, 0) is 24.3 Å². The summed E-state index contributed by atoms with van der Waals surface area (Å²) in [5, 5.41) is 9.63. The Morgan fingerprint density at radius 3 is 2.88 bits per heavy atom. The van der Waals surface area contributed by atoms with Gasteiger partial charge in [0.2, 0.25) is 0 Å². The van der Waals surface area contributed by atoms with Gasteiger partial charge in [0.25, 0.3) is 0 Å². The quantitative estimate of drug-likeness (QED) is 0.864. The van der Waals surface area contributed by atoms with E-state index in [-0.39, 0.29) is 12.4 Å². The Hall–Kier alpha value is -1.81. The Morgan fingerprint density at radius 1 is 1.31 bits per heavy atom. The average Bonchev–Trinajstić information content (AvgIpc) is 2.79. The molecule has 84 valence electrons. The zero-order valence-electron chi connectivity index (χ0n) is 8.47. The number of halogens is 1. The fourth-order valence-corrected chi connectivity index (χ4v) is 1.29. The first kappa shape index (κ1) is 10.7. The lowest BCUT2D eigenvalue weighted by Gasteiger charge is -2.09. The van der Waals surface area contributed by atoms with Crippen molar-refractivity contribution in [3.63, 3.8) is 0 Å². The van der Waals surface area contributed by atoms with E-state index in [0.29, 0.717) is 11.5 Å². The van der Waals surface area contributed by atoms with Crippen LogP contribution in [-0.2, 0) is 0 Å². The van der Waals surface area contributed by atoms with Gasteiger partial charge in [-0.25, -0.2) is 4.39 Å². The van der Waals surface area contributed by atoms with Crippen molar-refractivity contribution >= 4 is 0 Å². The number of hydrogen-bond donors (Lipinski definition) is 1. The summed E-state index contributed by atoms with van der Waals surface area (Å²) >= 11 is 0. The molecule has 1 heterocycles. The van der Waals surface area contributed by atoms with Crippen molar-refractivity contribution < 1.29 is 18.7 Å². The lowest BCUT2D eigenvalue weighted by molar-refractivity contribution is 0.0887. The molecule has 0 aliphatic rings. The molecule has 0 saturated heterocycles. The van der Waals surface area contributed by atoms with Crippen LogP contribution < -0.4 is 4.74 Å². The molecule has 3 nitrogen and oxygen atoms in total. The third kappa shape index (κ3) is 2.61. The zero-order chi connectivity index (χ0) is 11.4. The largest absolute Gasteiger partial charge is 0.490 e. The van der Waals surface area contributed by atoms with Crippen molar-refractivity contribution in [1.29, 1.82) is 0 Å². The molecule has 0 aliphatic heterocycles. The van der Waals surface area contributed by atoms with Gasteiger partial charge >= 0.3 is 0 Å². The monoisotopic (exact) mass is 222 g/mol. The van der Waals surface area contributed by atoms with Crippen molar-refractivity contribution in [3.05, 3.63) is 54.2 Å². The molecule has 1 N–H and O–H groups in total. The number of hydrogen-bond acceptors (Lipinski definition) is 3. The lowest BCUT2D eigenvalue weighted by atomic mass is 10.3. The first-order valence-corrected chi connectivity index (χ1v) is 4.85. The van der Waals surface area contributed by atoms with Crippen LogP contribution in [0.1, 0.15) is 11.9 Å². The molecule has 2 rings (SSSR count). The lowest BCUT2D eigenvalue weighted by Crippen LogP contribution is -2.08. The molecule has 1 atom stereocenters. The maximum atomic E-state index is 12.8. The summed E-state index contributed by atoms with van der Waals surface area (Å²) in [6, 6.07) is 9.09. The van der Waals surface area contributed by atoms with Crippen LogP contribution in [0.4, 0.5) is 4.39 Å². The van der Waals surface area contributed by atoms with Crippen molar-refractivity contribution in [2.45, 2.75) is 6.10 Å². The van der Waals surface area contributed by atoms with Crippen molar-refractivity contribution in [3.8, 4) is 5.75 Å². The van der Waals surface area contributed by atoms with Crippen molar-refractivity contribution in [2.24, 2.45) is 0 Å². The third-order valence-corrected chi connectivity index (χ3v) is 2.08. The Labute approximate surface area is 92.1 Å². The van der Waals surface area contributed by atoms with E-state index in [9.17, 15) is 9.50 Å². The van der Waals surface area contributed by atoms with Crippen LogP contribution in [-0.4, -0.2) is 11.7 Å². The van der Waals surface area contributed by atoms with Gasteiger partial charge in [0, 0.05) is 6.07 Å². The molecule has 0 aliphatic carbocycles. The number of furan rings is 1. The minimum atomic E-state index is -0.849. The smallest absolute Gasteiger partial charge is 0.145 e. The number of aliphatic hydroxyl groups is 1. The maximum Gasteiger partial charge on any atom is 0.145 e. The molecule has 2 aromatic rings. The number of aliphatic hydroxyl groups excluding tert-OH is 1. The predicted octanol–water partition coefficient (Wildman–Crippen LogP) is 2.53. The summed E-state index contributed by atoms with van der Waals surface area (Å²) < 4.78 is 23.0. The highest BCUT2D eigenvalue weighted by Crippen LogP contribution is 2.17. The molecular weight excluding hydrogens is 211 g/mol. The molecule has 0 saturated carbocycles. The molecule has 0 fully saturated rings. The minimum Gasteiger partial charge on any atom is -0.490 e. The topological polar surface area (TPSA) is 42.6 Å². The molecule has 0 spiro atoms. The van der Waals surface area contributed by atoms with Crippen LogP contribution in [0.5, 0.6) is 5.75 Å². The highest BCUT2D eigenvalue weighted by Gasteiger charge is 2.11. The Morgan fingerprint density at radius 2 is 2.19 bits per heavy atom. The molecule has 0 amide bonds. The van der Waals surface area contributed by atoms with Crippen LogP contribution in [0.3, 0.4) is 0 Å². The first-order chi connectivity index (χ1) is 7.75.